The maximum atomic E-state index is 12.6. The molecule has 0 bridgehead atoms. The fourth-order valence-corrected chi connectivity index (χ4v) is 3.61. The number of hydrogen-bond acceptors (Lipinski definition) is 4. The maximum absolute atomic E-state index is 12.6. The van der Waals surface area contributed by atoms with Crippen LogP contribution < -0.4 is 0 Å². The van der Waals surface area contributed by atoms with Crippen LogP contribution in [0.5, 0.6) is 0 Å². The highest BCUT2D eigenvalue weighted by Gasteiger charge is 2.38. The van der Waals surface area contributed by atoms with E-state index in [1.54, 1.807) is 13.8 Å². The van der Waals surface area contributed by atoms with E-state index < -0.39 is 5.41 Å². The van der Waals surface area contributed by atoms with Crippen LogP contribution in [-0.4, -0.2) is 35.8 Å². The molecule has 0 aliphatic carbocycles. The Morgan fingerprint density at radius 2 is 1.37 bits per heavy atom. The standard InChI is InChI=1S/C23H39NO4.C2H6/c1-8-22(5,6)16-23(7,9-2)21(27)28-15-13-11-10-12-14-24-19(25)17(3)18(4)20(24)26;1-2/h8-16H2,1-7H3;1-2H3. The molecular weight excluding hydrogens is 378 g/mol. The molecule has 1 atom stereocenters. The molecule has 1 heterocycles. The lowest BCUT2D eigenvalue weighted by Crippen LogP contribution is -2.34. The number of nitrogens with zero attached hydrogens (tertiary/aromatic N) is 1. The average Bonchev–Trinajstić information content (AvgIpc) is 2.91. The summed E-state index contributed by atoms with van der Waals surface area (Å²) < 4.78 is 5.57. The van der Waals surface area contributed by atoms with Crippen molar-refractivity contribution in [3.8, 4) is 0 Å². The summed E-state index contributed by atoms with van der Waals surface area (Å²) in [6.07, 6.45) is 6.05. The minimum absolute atomic E-state index is 0.0955. The van der Waals surface area contributed by atoms with Crippen LogP contribution in [0.25, 0.3) is 0 Å². The van der Waals surface area contributed by atoms with E-state index in [0.717, 1.165) is 44.9 Å². The normalized spacial score (nSPS) is 16.4. The van der Waals surface area contributed by atoms with Crippen molar-refractivity contribution in [3.63, 3.8) is 0 Å². The van der Waals surface area contributed by atoms with Crippen molar-refractivity contribution < 1.29 is 19.1 Å². The lowest BCUT2D eigenvalue weighted by molar-refractivity contribution is -0.157. The van der Waals surface area contributed by atoms with Gasteiger partial charge >= 0.3 is 5.97 Å². The van der Waals surface area contributed by atoms with Crippen LogP contribution in [0, 0.1) is 10.8 Å². The molecule has 0 radical (unpaired) electrons. The molecule has 1 rings (SSSR count). The minimum atomic E-state index is -0.432. The van der Waals surface area contributed by atoms with Crippen molar-refractivity contribution in [2.75, 3.05) is 13.2 Å². The first-order valence-electron chi connectivity index (χ1n) is 11.7. The summed E-state index contributed by atoms with van der Waals surface area (Å²) in [6, 6.07) is 0. The molecule has 0 aromatic rings. The number of ether oxygens (including phenoxy) is 1. The molecule has 174 valence electrons. The van der Waals surface area contributed by atoms with E-state index in [1.807, 2.05) is 27.7 Å². The van der Waals surface area contributed by atoms with E-state index in [4.69, 9.17) is 4.74 Å². The Kier molecular flexibility index (Phi) is 12.2. The van der Waals surface area contributed by atoms with Crippen molar-refractivity contribution in [3.05, 3.63) is 11.1 Å². The van der Waals surface area contributed by atoms with Crippen LogP contribution >= 0.6 is 0 Å². The van der Waals surface area contributed by atoms with Crippen molar-refractivity contribution in [2.24, 2.45) is 10.8 Å². The monoisotopic (exact) mass is 423 g/mol. The third-order valence-electron chi connectivity index (χ3n) is 6.30. The van der Waals surface area contributed by atoms with Crippen LogP contribution in [0.15, 0.2) is 11.1 Å². The number of esters is 1. The van der Waals surface area contributed by atoms with Crippen molar-refractivity contribution >= 4 is 17.8 Å². The van der Waals surface area contributed by atoms with E-state index in [9.17, 15) is 14.4 Å². The number of unbranched alkanes of at least 4 members (excludes halogenated alkanes) is 3. The van der Waals surface area contributed by atoms with Gasteiger partial charge in [0.15, 0.2) is 0 Å². The zero-order valence-electron chi connectivity index (χ0n) is 20.9. The predicted octanol–water partition coefficient (Wildman–Crippen LogP) is 6.06. The first-order valence-corrected chi connectivity index (χ1v) is 11.7. The highest BCUT2D eigenvalue weighted by Crippen LogP contribution is 2.39. The molecule has 0 spiro atoms. The molecule has 2 amide bonds. The van der Waals surface area contributed by atoms with Gasteiger partial charge in [0.25, 0.3) is 11.8 Å². The van der Waals surface area contributed by atoms with Crippen LogP contribution in [0.1, 0.15) is 107 Å². The third kappa shape index (κ3) is 7.88. The first kappa shape index (κ1) is 28.4. The molecule has 5 heteroatoms. The van der Waals surface area contributed by atoms with Crippen LogP contribution in [0.3, 0.4) is 0 Å². The minimum Gasteiger partial charge on any atom is -0.465 e. The number of hydrogen-bond donors (Lipinski definition) is 0. The summed E-state index contributed by atoms with van der Waals surface area (Å²) in [7, 11) is 0. The maximum Gasteiger partial charge on any atom is 0.311 e. The highest BCUT2D eigenvalue weighted by molar-refractivity contribution is 6.18. The Balaban J connectivity index is 0.00000407. The highest BCUT2D eigenvalue weighted by atomic mass is 16.5. The van der Waals surface area contributed by atoms with Crippen molar-refractivity contribution in [1.29, 1.82) is 0 Å². The van der Waals surface area contributed by atoms with Crippen molar-refractivity contribution in [2.45, 2.75) is 107 Å². The fourth-order valence-electron chi connectivity index (χ4n) is 3.61. The van der Waals surface area contributed by atoms with Gasteiger partial charge < -0.3 is 4.74 Å². The van der Waals surface area contributed by atoms with Gasteiger partial charge in [0, 0.05) is 17.7 Å². The Morgan fingerprint density at radius 1 is 0.867 bits per heavy atom. The van der Waals surface area contributed by atoms with Gasteiger partial charge in [0.1, 0.15) is 0 Å². The second-order valence-corrected chi connectivity index (χ2v) is 9.17. The molecule has 0 aromatic heterocycles. The van der Waals surface area contributed by atoms with E-state index >= 15 is 0 Å². The average molecular weight is 424 g/mol. The van der Waals surface area contributed by atoms with Gasteiger partial charge in [-0.3, -0.25) is 19.3 Å². The van der Waals surface area contributed by atoms with Crippen LogP contribution in [0.2, 0.25) is 0 Å². The summed E-state index contributed by atoms with van der Waals surface area (Å²) in [5.41, 5.74) is 0.808. The Bertz CT molecular complexity index is 597. The SMILES string of the molecule is CC.CCC(C)(C)CC(C)(CC)C(=O)OCCCCCCN1C(=O)C(C)=C(C)C1=O. The number of carbonyl (C=O) groups is 3. The van der Waals surface area contributed by atoms with Gasteiger partial charge in [0.05, 0.1) is 12.0 Å². The first-order chi connectivity index (χ1) is 14.0. The molecule has 0 saturated heterocycles. The topological polar surface area (TPSA) is 63.7 Å². The molecule has 1 aliphatic heterocycles. The summed E-state index contributed by atoms with van der Waals surface area (Å²) in [4.78, 5) is 37.9. The Labute approximate surface area is 184 Å². The van der Waals surface area contributed by atoms with Gasteiger partial charge in [-0.05, 0) is 58.3 Å². The largest absolute Gasteiger partial charge is 0.465 e. The lowest BCUT2D eigenvalue weighted by atomic mass is 9.71. The predicted molar refractivity (Wildman–Crippen MR) is 123 cm³/mol. The number of imide groups is 1. The zero-order valence-corrected chi connectivity index (χ0v) is 20.9. The number of amides is 2. The molecule has 5 nitrogen and oxygen atoms in total. The van der Waals surface area contributed by atoms with Gasteiger partial charge in [-0.15, -0.1) is 0 Å². The second kappa shape index (κ2) is 12.9. The smallest absolute Gasteiger partial charge is 0.311 e. The molecule has 0 N–H and O–H groups in total. The molecule has 0 aromatic carbocycles. The molecular formula is C25H45NO4. The molecule has 0 saturated carbocycles. The van der Waals surface area contributed by atoms with Crippen LogP contribution in [-0.2, 0) is 19.1 Å². The third-order valence-corrected chi connectivity index (χ3v) is 6.30. The van der Waals surface area contributed by atoms with Crippen molar-refractivity contribution in [1.82, 2.24) is 4.90 Å². The molecule has 1 aliphatic rings. The van der Waals surface area contributed by atoms with E-state index in [0.29, 0.717) is 24.3 Å². The fraction of sp³-hybridized carbons (Fsp3) is 0.800. The molecule has 0 fully saturated rings. The Morgan fingerprint density at radius 3 is 1.83 bits per heavy atom. The lowest BCUT2D eigenvalue weighted by Gasteiger charge is -2.34. The quantitative estimate of drug-likeness (QED) is 0.217. The van der Waals surface area contributed by atoms with E-state index in [1.165, 1.54) is 4.90 Å². The second-order valence-electron chi connectivity index (χ2n) is 9.17. The van der Waals surface area contributed by atoms with E-state index in [2.05, 4.69) is 20.8 Å². The van der Waals surface area contributed by atoms with Gasteiger partial charge in [0.2, 0.25) is 0 Å². The van der Waals surface area contributed by atoms with Gasteiger partial charge in [-0.2, -0.15) is 0 Å². The molecule has 1 unspecified atom stereocenters. The molecule has 30 heavy (non-hydrogen) atoms. The zero-order chi connectivity index (χ0) is 23.5. The summed E-state index contributed by atoms with van der Waals surface area (Å²) in [5, 5.41) is 0. The summed E-state index contributed by atoms with van der Waals surface area (Å²) in [5.74, 6) is -0.419. The number of carbonyl (C=O) groups excluding carboxylic acids is 3. The summed E-state index contributed by atoms with van der Waals surface area (Å²) >= 11 is 0. The van der Waals surface area contributed by atoms with Crippen LogP contribution in [0.4, 0.5) is 0 Å². The Hall–Kier alpha value is -1.65. The number of rotatable bonds is 12. The van der Waals surface area contributed by atoms with Gasteiger partial charge in [-0.1, -0.05) is 54.4 Å². The van der Waals surface area contributed by atoms with E-state index in [-0.39, 0.29) is 23.2 Å². The summed E-state index contributed by atoms with van der Waals surface area (Å²) in [6.45, 7) is 18.9. The van der Waals surface area contributed by atoms with Gasteiger partial charge in [-0.25, -0.2) is 0 Å².